The Morgan fingerprint density at radius 1 is 0.480 bits per heavy atom. The van der Waals surface area contributed by atoms with Crippen molar-refractivity contribution in [2.45, 2.75) is 26.5 Å². The Bertz CT molecular complexity index is 2750. The summed E-state index contributed by atoms with van der Waals surface area (Å²) in [6.45, 7) is 2.03. The predicted octanol–water partition coefficient (Wildman–Crippen LogP) is 12.7. The fraction of sp³-hybridized carbons (Fsp3) is 0.0222. The number of para-hydroxylation sites is 1. The molecule has 0 fully saturated rings. The van der Waals surface area contributed by atoms with Gasteiger partial charge in [-0.2, -0.15) is 0 Å². The molecule has 0 saturated heterocycles. The summed E-state index contributed by atoms with van der Waals surface area (Å²) in [5, 5.41) is 5.21. The molecule has 0 radical (unpaired) electrons. The van der Waals surface area contributed by atoms with Gasteiger partial charge in [0, 0.05) is 48.0 Å². The van der Waals surface area contributed by atoms with Gasteiger partial charge >= 0.3 is 0 Å². The lowest BCUT2D eigenvalue weighted by molar-refractivity contribution is 1.11. The molecule has 7 aromatic carbocycles. The Labute approximate surface area is 298 Å². The van der Waals surface area contributed by atoms with Crippen LogP contribution in [0.4, 0.5) is 0 Å². The Morgan fingerprint density at radius 2 is 1.06 bits per heavy atom. The number of nitrogens with zero attached hydrogens (tertiary/aromatic N) is 3. The van der Waals surface area contributed by atoms with E-state index < -0.39 is 0 Å². The predicted molar refractivity (Wildman–Crippen MR) is 210 cm³/mol. The van der Waals surface area contributed by atoms with E-state index in [0.29, 0.717) is 0 Å². The molecule has 2 aromatic heterocycles. The highest BCUT2D eigenvalue weighted by Gasteiger charge is 2.27. The first-order valence-electron chi connectivity index (χ1n) is 16.7. The largest absolute Gasteiger partial charge is 0.308 e. The van der Waals surface area contributed by atoms with Crippen molar-refractivity contribution in [2.75, 3.05) is 0 Å². The van der Waals surface area contributed by atoms with E-state index in [1.165, 1.54) is 57.7 Å². The van der Waals surface area contributed by atoms with E-state index in [1.807, 2.05) is 54.7 Å². The number of hydrogen-bond acceptors (Lipinski definition) is 4. The van der Waals surface area contributed by atoms with Crippen molar-refractivity contribution < 1.29 is 0 Å². The molecule has 10 rings (SSSR count). The summed E-state index contributed by atoms with van der Waals surface area (Å²) in [5.74, 6) is 0.742. The highest BCUT2D eigenvalue weighted by atomic mass is 32.2. The second kappa shape index (κ2) is 11.8. The molecule has 236 valence electrons. The molecule has 1 aliphatic heterocycles. The summed E-state index contributed by atoms with van der Waals surface area (Å²) >= 11 is 3.80. The molecule has 0 aliphatic carbocycles. The third kappa shape index (κ3) is 4.77. The molecular formula is C45H29N3S2. The molecule has 5 heteroatoms. The second-order valence-corrected chi connectivity index (χ2v) is 14.7. The molecular weight excluding hydrogens is 647 g/mol. The molecule has 0 bridgehead atoms. The highest BCUT2D eigenvalue weighted by Crippen LogP contribution is 2.55. The minimum atomic E-state index is 0.742. The van der Waals surface area contributed by atoms with Crippen molar-refractivity contribution in [2.24, 2.45) is 0 Å². The van der Waals surface area contributed by atoms with Crippen LogP contribution in [-0.4, -0.2) is 14.5 Å². The van der Waals surface area contributed by atoms with Crippen LogP contribution in [0.5, 0.6) is 0 Å². The van der Waals surface area contributed by atoms with Crippen molar-refractivity contribution >= 4 is 56.1 Å². The van der Waals surface area contributed by atoms with Crippen LogP contribution in [-0.2, 0) is 0 Å². The molecule has 0 unspecified atom stereocenters. The van der Waals surface area contributed by atoms with Crippen molar-refractivity contribution in [3.05, 3.63) is 163 Å². The standard InChI is InChI=1S/C45H29N3S2/c1-28-27-37(31-11-3-2-4-12-31)47-45(46-28)32-21-19-29(20-22-32)30-23-25-33(26-24-30)48-38-16-8-7-15-36(38)41-34-13-5-6-14-35(34)43-44(42(41)48)50-40-18-10-9-17-39(40)49-43/h2-27H,1H3. The summed E-state index contributed by atoms with van der Waals surface area (Å²) in [7, 11) is 0. The third-order valence-electron chi connectivity index (χ3n) is 9.54. The Balaban J connectivity index is 1.07. The average molecular weight is 676 g/mol. The number of aromatic nitrogens is 3. The molecule has 9 aromatic rings. The molecule has 1 aliphatic rings. The minimum absolute atomic E-state index is 0.742. The van der Waals surface area contributed by atoms with Gasteiger partial charge in [0.15, 0.2) is 5.82 Å². The second-order valence-electron chi connectivity index (χ2n) is 12.6. The first kappa shape index (κ1) is 29.3. The summed E-state index contributed by atoms with van der Waals surface area (Å²) < 4.78 is 2.48. The van der Waals surface area contributed by atoms with Crippen LogP contribution >= 0.6 is 23.5 Å². The quantitative estimate of drug-likeness (QED) is 0.186. The summed E-state index contributed by atoms with van der Waals surface area (Å²) in [4.78, 5) is 15.0. The maximum Gasteiger partial charge on any atom is 0.160 e. The first-order valence-corrected chi connectivity index (χ1v) is 18.4. The van der Waals surface area contributed by atoms with Crippen molar-refractivity contribution in [1.82, 2.24) is 14.5 Å². The van der Waals surface area contributed by atoms with E-state index >= 15 is 0 Å². The molecule has 0 N–H and O–H groups in total. The van der Waals surface area contributed by atoms with E-state index in [9.17, 15) is 0 Å². The summed E-state index contributed by atoms with van der Waals surface area (Å²) in [6.07, 6.45) is 0. The zero-order chi connectivity index (χ0) is 33.2. The van der Waals surface area contributed by atoms with Crippen molar-refractivity contribution in [3.63, 3.8) is 0 Å². The van der Waals surface area contributed by atoms with Crippen LogP contribution in [0.2, 0.25) is 0 Å². The van der Waals surface area contributed by atoms with E-state index in [-0.39, 0.29) is 0 Å². The monoisotopic (exact) mass is 675 g/mol. The van der Waals surface area contributed by atoms with Crippen LogP contribution in [0.25, 0.3) is 72.0 Å². The van der Waals surface area contributed by atoms with Crippen LogP contribution in [0, 0.1) is 6.92 Å². The minimum Gasteiger partial charge on any atom is -0.308 e. The first-order chi connectivity index (χ1) is 24.7. The van der Waals surface area contributed by atoms with Crippen LogP contribution < -0.4 is 0 Å². The zero-order valence-electron chi connectivity index (χ0n) is 27.2. The summed E-state index contributed by atoms with van der Waals surface area (Å²) in [5.41, 5.74) is 9.96. The van der Waals surface area contributed by atoms with Gasteiger partial charge in [0.25, 0.3) is 0 Å². The van der Waals surface area contributed by atoms with Crippen LogP contribution in [0.3, 0.4) is 0 Å². The Hall–Kier alpha value is -5.62. The van der Waals surface area contributed by atoms with Gasteiger partial charge < -0.3 is 4.57 Å². The van der Waals surface area contributed by atoms with E-state index in [0.717, 1.165) is 39.6 Å². The van der Waals surface area contributed by atoms with E-state index in [1.54, 1.807) is 0 Å². The SMILES string of the molecule is Cc1cc(-c2ccccc2)nc(-c2ccc(-c3ccc(-n4c5ccccc5c5c6ccccc6c6c(c54)Sc4ccccc4S6)cc3)cc2)n1. The number of aryl methyl sites for hydroxylation is 1. The van der Waals surface area contributed by atoms with Gasteiger partial charge in [-0.05, 0) is 65.2 Å². The maximum absolute atomic E-state index is 4.91. The molecule has 0 spiro atoms. The van der Waals surface area contributed by atoms with Gasteiger partial charge in [0.05, 0.1) is 21.6 Å². The lowest BCUT2D eigenvalue weighted by atomic mass is 10.0. The van der Waals surface area contributed by atoms with Crippen molar-refractivity contribution in [3.8, 4) is 39.5 Å². The third-order valence-corrected chi connectivity index (χ3v) is 12.2. The van der Waals surface area contributed by atoms with Gasteiger partial charge in [-0.15, -0.1) is 0 Å². The number of hydrogen-bond donors (Lipinski definition) is 0. The average Bonchev–Trinajstić information content (AvgIpc) is 3.53. The molecule has 50 heavy (non-hydrogen) atoms. The highest BCUT2D eigenvalue weighted by molar-refractivity contribution is 8.05. The molecule has 0 atom stereocenters. The lowest BCUT2D eigenvalue weighted by Crippen LogP contribution is -1.99. The van der Waals surface area contributed by atoms with Gasteiger partial charge in [0.1, 0.15) is 0 Å². The number of benzene rings is 7. The number of fused-ring (bicyclic) bond motifs is 9. The van der Waals surface area contributed by atoms with Gasteiger partial charge in [-0.3, -0.25) is 0 Å². The summed E-state index contributed by atoms with van der Waals surface area (Å²) in [6, 6.07) is 56.5. The normalized spacial score (nSPS) is 12.3. The zero-order valence-corrected chi connectivity index (χ0v) is 28.8. The Morgan fingerprint density at radius 3 is 1.80 bits per heavy atom. The van der Waals surface area contributed by atoms with E-state index in [4.69, 9.17) is 9.97 Å². The van der Waals surface area contributed by atoms with Gasteiger partial charge in [-0.1, -0.05) is 145 Å². The van der Waals surface area contributed by atoms with Crippen LogP contribution in [0.15, 0.2) is 177 Å². The maximum atomic E-state index is 4.91. The van der Waals surface area contributed by atoms with E-state index in [2.05, 4.69) is 138 Å². The lowest BCUT2D eigenvalue weighted by Gasteiger charge is -2.22. The number of rotatable bonds is 4. The molecule has 3 nitrogen and oxygen atoms in total. The topological polar surface area (TPSA) is 30.7 Å². The van der Waals surface area contributed by atoms with Gasteiger partial charge in [-0.25, -0.2) is 9.97 Å². The van der Waals surface area contributed by atoms with Gasteiger partial charge in [0.2, 0.25) is 0 Å². The van der Waals surface area contributed by atoms with Crippen molar-refractivity contribution in [1.29, 1.82) is 0 Å². The fourth-order valence-corrected chi connectivity index (χ4v) is 9.77. The molecule has 0 saturated carbocycles. The fourth-order valence-electron chi connectivity index (χ4n) is 7.23. The smallest absolute Gasteiger partial charge is 0.160 e. The van der Waals surface area contributed by atoms with Crippen LogP contribution in [0.1, 0.15) is 5.69 Å². The molecule has 3 heterocycles. The molecule has 0 amide bonds. The Kier molecular flexibility index (Phi) is 6.90.